The number of rotatable bonds is 5. The lowest BCUT2D eigenvalue weighted by Crippen LogP contribution is -2.24. The van der Waals surface area contributed by atoms with Gasteiger partial charge in [-0.3, -0.25) is 9.78 Å². The highest BCUT2D eigenvalue weighted by Gasteiger charge is 2.08. The van der Waals surface area contributed by atoms with Crippen molar-refractivity contribution in [3.63, 3.8) is 0 Å². The second-order valence-corrected chi connectivity index (χ2v) is 4.35. The van der Waals surface area contributed by atoms with E-state index in [4.69, 9.17) is 5.73 Å². The highest BCUT2D eigenvalue weighted by molar-refractivity contribution is 5.94. The Kier molecular flexibility index (Phi) is 4.79. The summed E-state index contributed by atoms with van der Waals surface area (Å²) in [5.74, 6) is -0.682. The highest BCUT2D eigenvalue weighted by atomic mass is 19.1. The zero-order valence-corrected chi connectivity index (χ0v) is 11.0. The predicted molar refractivity (Wildman–Crippen MR) is 74.6 cm³/mol. The number of hydrogen-bond acceptors (Lipinski definition) is 3. The molecule has 20 heavy (non-hydrogen) atoms. The Hall–Kier alpha value is -2.27. The molecule has 1 aromatic heterocycles. The first-order valence-corrected chi connectivity index (χ1v) is 6.37. The SMILES string of the molecule is NCCc1cccc(C(=O)NCc2ncccc2F)c1. The molecule has 0 aliphatic rings. The zero-order valence-electron chi connectivity index (χ0n) is 11.0. The van der Waals surface area contributed by atoms with Crippen LogP contribution in [0.2, 0.25) is 0 Å². The Bertz CT molecular complexity index is 601. The molecule has 0 aliphatic heterocycles. The van der Waals surface area contributed by atoms with Gasteiger partial charge in [-0.05, 0) is 42.8 Å². The van der Waals surface area contributed by atoms with Crippen LogP contribution in [0.25, 0.3) is 0 Å². The number of pyridine rings is 1. The van der Waals surface area contributed by atoms with E-state index in [1.54, 1.807) is 18.2 Å². The van der Waals surface area contributed by atoms with Crippen molar-refractivity contribution in [2.24, 2.45) is 5.73 Å². The number of nitrogens with one attached hydrogen (secondary N) is 1. The van der Waals surface area contributed by atoms with Crippen molar-refractivity contribution in [1.82, 2.24) is 10.3 Å². The number of nitrogens with two attached hydrogens (primary N) is 1. The van der Waals surface area contributed by atoms with Gasteiger partial charge in [0.15, 0.2) is 0 Å². The van der Waals surface area contributed by atoms with E-state index in [1.807, 2.05) is 6.07 Å². The standard InChI is InChI=1S/C15H16FN3O/c16-13-5-2-8-18-14(13)10-19-15(20)12-4-1-3-11(9-12)6-7-17/h1-5,8-9H,6-7,10,17H2,(H,19,20). The molecular weight excluding hydrogens is 257 g/mol. The summed E-state index contributed by atoms with van der Waals surface area (Å²) in [6.45, 7) is 0.594. The number of hydrogen-bond donors (Lipinski definition) is 2. The van der Waals surface area contributed by atoms with Crippen LogP contribution in [0.4, 0.5) is 4.39 Å². The fraction of sp³-hybridized carbons (Fsp3) is 0.200. The first kappa shape index (κ1) is 14.1. The summed E-state index contributed by atoms with van der Waals surface area (Å²) in [5.41, 5.74) is 7.25. The molecule has 4 nitrogen and oxygen atoms in total. The molecule has 0 spiro atoms. The van der Waals surface area contributed by atoms with Gasteiger partial charge in [-0.1, -0.05) is 12.1 Å². The molecule has 0 bridgehead atoms. The molecule has 104 valence electrons. The van der Waals surface area contributed by atoms with Gasteiger partial charge in [0.1, 0.15) is 5.82 Å². The summed E-state index contributed by atoms with van der Waals surface area (Å²) < 4.78 is 13.4. The van der Waals surface area contributed by atoms with Crippen molar-refractivity contribution in [3.8, 4) is 0 Å². The fourth-order valence-electron chi connectivity index (χ4n) is 1.85. The van der Waals surface area contributed by atoms with Crippen molar-refractivity contribution in [2.45, 2.75) is 13.0 Å². The van der Waals surface area contributed by atoms with Crippen LogP contribution >= 0.6 is 0 Å². The lowest BCUT2D eigenvalue weighted by molar-refractivity contribution is 0.0950. The van der Waals surface area contributed by atoms with E-state index in [9.17, 15) is 9.18 Å². The van der Waals surface area contributed by atoms with Gasteiger partial charge in [0.25, 0.3) is 5.91 Å². The van der Waals surface area contributed by atoms with Crippen molar-refractivity contribution < 1.29 is 9.18 Å². The second kappa shape index (κ2) is 6.77. The largest absolute Gasteiger partial charge is 0.346 e. The Morgan fingerprint density at radius 1 is 1.30 bits per heavy atom. The van der Waals surface area contributed by atoms with Crippen LogP contribution in [0.1, 0.15) is 21.6 Å². The molecule has 0 saturated carbocycles. The molecule has 3 N–H and O–H groups in total. The quantitative estimate of drug-likeness (QED) is 0.870. The monoisotopic (exact) mass is 273 g/mol. The average Bonchev–Trinajstić information content (AvgIpc) is 2.47. The van der Waals surface area contributed by atoms with E-state index in [1.165, 1.54) is 18.3 Å². The van der Waals surface area contributed by atoms with Gasteiger partial charge in [-0.15, -0.1) is 0 Å². The third kappa shape index (κ3) is 3.61. The normalized spacial score (nSPS) is 10.3. The van der Waals surface area contributed by atoms with Crippen molar-refractivity contribution in [1.29, 1.82) is 0 Å². The smallest absolute Gasteiger partial charge is 0.251 e. The van der Waals surface area contributed by atoms with Crippen LogP contribution in [0, 0.1) is 5.82 Å². The first-order chi connectivity index (χ1) is 9.70. The van der Waals surface area contributed by atoms with Gasteiger partial charge in [-0.2, -0.15) is 0 Å². The van der Waals surface area contributed by atoms with Gasteiger partial charge >= 0.3 is 0 Å². The summed E-state index contributed by atoms with van der Waals surface area (Å²) in [6.07, 6.45) is 2.21. The van der Waals surface area contributed by atoms with E-state index in [-0.39, 0.29) is 18.1 Å². The number of nitrogens with zero attached hydrogens (tertiary/aromatic N) is 1. The van der Waals surface area contributed by atoms with Gasteiger partial charge in [-0.25, -0.2) is 4.39 Å². The molecular formula is C15H16FN3O. The Labute approximate surface area is 116 Å². The Balaban J connectivity index is 2.01. The van der Waals surface area contributed by atoms with Crippen LogP contribution < -0.4 is 11.1 Å². The third-order valence-corrected chi connectivity index (χ3v) is 2.87. The number of amides is 1. The first-order valence-electron chi connectivity index (χ1n) is 6.37. The topological polar surface area (TPSA) is 68.0 Å². The van der Waals surface area contributed by atoms with E-state index >= 15 is 0 Å². The average molecular weight is 273 g/mol. The van der Waals surface area contributed by atoms with E-state index in [2.05, 4.69) is 10.3 Å². The van der Waals surface area contributed by atoms with Crippen LogP contribution in [-0.2, 0) is 13.0 Å². The number of halogens is 1. The van der Waals surface area contributed by atoms with Crippen molar-refractivity contribution in [2.75, 3.05) is 6.54 Å². The molecule has 5 heteroatoms. The maximum Gasteiger partial charge on any atom is 0.251 e. The molecule has 0 atom stereocenters. The molecule has 2 rings (SSSR count). The van der Waals surface area contributed by atoms with Gasteiger partial charge < -0.3 is 11.1 Å². The summed E-state index contributed by atoms with van der Waals surface area (Å²) in [7, 11) is 0. The zero-order chi connectivity index (χ0) is 14.4. The molecule has 1 heterocycles. The maximum atomic E-state index is 13.4. The van der Waals surface area contributed by atoms with E-state index in [0.29, 0.717) is 12.1 Å². The van der Waals surface area contributed by atoms with Crippen molar-refractivity contribution in [3.05, 3.63) is 65.2 Å². The number of benzene rings is 1. The van der Waals surface area contributed by atoms with Crippen LogP contribution in [0.5, 0.6) is 0 Å². The third-order valence-electron chi connectivity index (χ3n) is 2.87. The van der Waals surface area contributed by atoms with E-state index < -0.39 is 5.82 Å². The molecule has 0 saturated heterocycles. The molecule has 0 unspecified atom stereocenters. The number of carbonyl (C=O) groups excluding carboxylic acids is 1. The minimum absolute atomic E-state index is 0.0621. The highest BCUT2D eigenvalue weighted by Crippen LogP contribution is 2.07. The summed E-state index contributed by atoms with van der Waals surface area (Å²) in [4.78, 5) is 15.9. The molecule has 2 aromatic rings. The van der Waals surface area contributed by atoms with Gasteiger partial charge in [0.2, 0.25) is 0 Å². The van der Waals surface area contributed by atoms with E-state index in [0.717, 1.165) is 12.0 Å². The van der Waals surface area contributed by atoms with Crippen LogP contribution in [0.15, 0.2) is 42.6 Å². The molecule has 1 aromatic carbocycles. The maximum absolute atomic E-state index is 13.4. The van der Waals surface area contributed by atoms with Gasteiger partial charge in [0, 0.05) is 11.8 Å². The minimum Gasteiger partial charge on any atom is -0.346 e. The minimum atomic E-state index is -0.426. The number of aromatic nitrogens is 1. The molecule has 0 radical (unpaired) electrons. The van der Waals surface area contributed by atoms with Crippen LogP contribution in [-0.4, -0.2) is 17.4 Å². The summed E-state index contributed by atoms with van der Waals surface area (Å²) in [5, 5.41) is 2.65. The van der Waals surface area contributed by atoms with Gasteiger partial charge in [0.05, 0.1) is 12.2 Å². The fourth-order valence-corrected chi connectivity index (χ4v) is 1.85. The summed E-state index contributed by atoms with van der Waals surface area (Å²) >= 11 is 0. The Morgan fingerprint density at radius 3 is 2.90 bits per heavy atom. The lowest BCUT2D eigenvalue weighted by atomic mass is 10.1. The Morgan fingerprint density at radius 2 is 2.15 bits per heavy atom. The van der Waals surface area contributed by atoms with Crippen molar-refractivity contribution >= 4 is 5.91 Å². The van der Waals surface area contributed by atoms with Crippen LogP contribution in [0.3, 0.4) is 0 Å². The molecule has 0 fully saturated rings. The second-order valence-electron chi connectivity index (χ2n) is 4.35. The molecule has 0 aliphatic carbocycles. The predicted octanol–water partition coefficient (Wildman–Crippen LogP) is 1.65. The summed E-state index contributed by atoms with van der Waals surface area (Å²) in [6, 6.07) is 10.1. The lowest BCUT2D eigenvalue weighted by Gasteiger charge is -2.07. The molecule has 1 amide bonds. The number of carbonyl (C=O) groups is 1.